The first-order chi connectivity index (χ1) is 13.5. The Bertz CT molecular complexity index is 1140. The fourth-order valence-electron chi connectivity index (χ4n) is 3.23. The average Bonchev–Trinajstić information content (AvgIpc) is 2.73. The van der Waals surface area contributed by atoms with Crippen molar-refractivity contribution in [1.82, 2.24) is 9.88 Å². The molecular weight excluding hydrogens is 460 g/mol. The third kappa shape index (κ3) is 3.56. The van der Waals surface area contributed by atoms with Gasteiger partial charge in [0.1, 0.15) is 0 Å². The van der Waals surface area contributed by atoms with E-state index in [9.17, 15) is 13.2 Å². The smallest absolute Gasteiger partial charge is 0.256 e. The Hall–Kier alpha value is -1.90. The minimum atomic E-state index is -3.91. The molecule has 5 nitrogen and oxygen atoms in total. The highest BCUT2D eigenvalue weighted by molar-refractivity contribution is 9.10. The van der Waals surface area contributed by atoms with Gasteiger partial charge in [-0.05, 0) is 30.3 Å². The van der Waals surface area contributed by atoms with Gasteiger partial charge >= 0.3 is 0 Å². The molecule has 0 bridgehead atoms. The summed E-state index contributed by atoms with van der Waals surface area (Å²) in [6, 6.07) is 13.5. The second-order valence-corrected chi connectivity index (χ2v) is 10.4. The molecule has 1 saturated heterocycles. The second kappa shape index (κ2) is 7.85. The maximum absolute atomic E-state index is 13.5. The molecule has 0 radical (unpaired) electrons. The van der Waals surface area contributed by atoms with Gasteiger partial charge in [0.25, 0.3) is 5.91 Å². The van der Waals surface area contributed by atoms with Gasteiger partial charge in [-0.15, -0.1) is 0 Å². The van der Waals surface area contributed by atoms with Gasteiger partial charge in [0.2, 0.25) is 9.84 Å². The van der Waals surface area contributed by atoms with Crippen LogP contribution in [0.25, 0.3) is 10.9 Å². The van der Waals surface area contributed by atoms with Crippen LogP contribution >= 0.6 is 27.7 Å². The number of hydrogen-bond donors (Lipinski definition) is 0. The van der Waals surface area contributed by atoms with Crippen LogP contribution in [0.2, 0.25) is 0 Å². The first-order valence-corrected chi connectivity index (χ1v) is 12.2. The van der Waals surface area contributed by atoms with Crippen LogP contribution in [0.1, 0.15) is 10.4 Å². The quantitative estimate of drug-likeness (QED) is 0.570. The highest BCUT2D eigenvalue weighted by Gasteiger charge is 2.30. The number of benzene rings is 2. The number of fused-ring (bicyclic) bond motifs is 1. The molecule has 1 amide bonds. The topological polar surface area (TPSA) is 67.3 Å². The molecule has 0 unspecified atom stereocenters. The molecule has 1 aliphatic heterocycles. The van der Waals surface area contributed by atoms with E-state index in [0.29, 0.717) is 24.0 Å². The summed E-state index contributed by atoms with van der Waals surface area (Å²) in [7, 11) is -3.91. The summed E-state index contributed by atoms with van der Waals surface area (Å²) in [5.41, 5.74) is 0.678. The molecule has 28 heavy (non-hydrogen) atoms. The maximum atomic E-state index is 13.5. The van der Waals surface area contributed by atoms with Crippen molar-refractivity contribution < 1.29 is 13.2 Å². The van der Waals surface area contributed by atoms with Crippen LogP contribution in [0.15, 0.2) is 69.0 Å². The summed E-state index contributed by atoms with van der Waals surface area (Å²) >= 11 is 5.12. The van der Waals surface area contributed by atoms with Crippen LogP contribution in [0.4, 0.5) is 0 Å². The van der Waals surface area contributed by atoms with Crippen molar-refractivity contribution in [1.29, 1.82) is 0 Å². The van der Waals surface area contributed by atoms with E-state index in [2.05, 4.69) is 20.9 Å². The zero-order valence-electron chi connectivity index (χ0n) is 14.8. The van der Waals surface area contributed by atoms with E-state index in [-0.39, 0.29) is 21.3 Å². The third-order valence-electron chi connectivity index (χ3n) is 4.65. The van der Waals surface area contributed by atoms with Gasteiger partial charge in [-0.2, -0.15) is 11.8 Å². The number of thioether (sulfide) groups is 1. The molecule has 1 aliphatic rings. The number of amides is 1. The first kappa shape index (κ1) is 19.4. The molecule has 2 heterocycles. The van der Waals surface area contributed by atoms with Crippen LogP contribution < -0.4 is 0 Å². The lowest BCUT2D eigenvalue weighted by molar-refractivity contribution is 0.0768. The molecule has 4 rings (SSSR count). The SMILES string of the molecule is O=C(c1cnc2ccccc2c1S(=O)(=O)c1ccc(Br)cc1)N1CCSCC1. The summed E-state index contributed by atoms with van der Waals surface area (Å²) in [4.78, 5) is 19.4. The Kier molecular flexibility index (Phi) is 5.44. The third-order valence-corrected chi connectivity index (χ3v) is 7.99. The largest absolute Gasteiger partial charge is 0.337 e. The monoisotopic (exact) mass is 476 g/mol. The molecule has 8 heteroatoms. The van der Waals surface area contributed by atoms with Gasteiger partial charge in [-0.25, -0.2) is 8.42 Å². The lowest BCUT2D eigenvalue weighted by Crippen LogP contribution is -2.38. The number of rotatable bonds is 3. The van der Waals surface area contributed by atoms with E-state index >= 15 is 0 Å². The molecule has 0 aliphatic carbocycles. The van der Waals surface area contributed by atoms with Gasteiger partial charge in [0, 0.05) is 40.7 Å². The van der Waals surface area contributed by atoms with Crippen LogP contribution in [0.5, 0.6) is 0 Å². The molecule has 144 valence electrons. The van der Waals surface area contributed by atoms with E-state index in [1.165, 1.54) is 6.20 Å². The van der Waals surface area contributed by atoms with Gasteiger partial charge in [-0.3, -0.25) is 9.78 Å². The molecule has 0 atom stereocenters. The van der Waals surface area contributed by atoms with Crippen LogP contribution in [0, 0.1) is 0 Å². The number of hydrogen-bond acceptors (Lipinski definition) is 5. The van der Waals surface area contributed by atoms with Crippen molar-refractivity contribution >= 4 is 54.3 Å². The summed E-state index contributed by atoms with van der Waals surface area (Å²) in [6.45, 7) is 1.21. The van der Waals surface area contributed by atoms with E-state index in [1.54, 1.807) is 65.2 Å². The number of halogens is 1. The van der Waals surface area contributed by atoms with Gasteiger partial charge in [-0.1, -0.05) is 34.1 Å². The molecule has 0 spiro atoms. The molecule has 0 N–H and O–H groups in total. The van der Waals surface area contributed by atoms with Crippen LogP contribution in [0.3, 0.4) is 0 Å². The maximum Gasteiger partial charge on any atom is 0.256 e. The fraction of sp³-hybridized carbons (Fsp3) is 0.200. The number of carbonyl (C=O) groups excluding carboxylic acids is 1. The van der Waals surface area contributed by atoms with Gasteiger partial charge < -0.3 is 4.90 Å². The number of sulfone groups is 1. The number of pyridine rings is 1. The standard InChI is InChI=1S/C20H17BrN2O3S2/c21-14-5-7-15(8-6-14)28(25,26)19-16-3-1-2-4-18(16)22-13-17(19)20(24)23-9-11-27-12-10-23/h1-8,13H,9-12H2. The zero-order chi connectivity index (χ0) is 19.7. The summed E-state index contributed by atoms with van der Waals surface area (Å²) in [5.74, 6) is 1.41. The summed E-state index contributed by atoms with van der Waals surface area (Å²) in [6.07, 6.45) is 1.40. The van der Waals surface area contributed by atoms with E-state index in [1.807, 2.05) is 0 Å². The van der Waals surface area contributed by atoms with Crippen molar-refractivity contribution in [2.24, 2.45) is 0 Å². The van der Waals surface area contributed by atoms with Crippen molar-refractivity contribution in [3.63, 3.8) is 0 Å². The van der Waals surface area contributed by atoms with Crippen LogP contribution in [-0.2, 0) is 9.84 Å². The van der Waals surface area contributed by atoms with Crippen molar-refractivity contribution in [3.8, 4) is 0 Å². The molecule has 0 saturated carbocycles. The molecule has 3 aromatic rings. The Morgan fingerprint density at radius 1 is 1.04 bits per heavy atom. The lowest BCUT2D eigenvalue weighted by Gasteiger charge is -2.27. The normalized spacial score (nSPS) is 15.0. The zero-order valence-corrected chi connectivity index (χ0v) is 18.1. The van der Waals surface area contributed by atoms with Gasteiger partial charge in [0.15, 0.2) is 0 Å². The van der Waals surface area contributed by atoms with Crippen molar-refractivity contribution in [2.75, 3.05) is 24.6 Å². The van der Waals surface area contributed by atoms with Crippen LogP contribution in [-0.4, -0.2) is 48.8 Å². The highest BCUT2D eigenvalue weighted by atomic mass is 79.9. The Morgan fingerprint density at radius 2 is 1.71 bits per heavy atom. The first-order valence-electron chi connectivity index (χ1n) is 8.74. The van der Waals surface area contributed by atoms with Crippen molar-refractivity contribution in [3.05, 3.63) is 64.8 Å². The average molecular weight is 477 g/mol. The predicted octanol–water partition coefficient (Wildman–Crippen LogP) is 4.02. The Balaban J connectivity index is 1.94. The Morgan fingerprint density at radius 3 is 2.43 bits per heavy atom. The fourth-order valence-corrected chi connectivity index (χ4v) is 6.02. The summed E-state index contributed by atoms with van der Waals surface area (Å²) in [5, 5.41) is 0.461. The predicted molar refractivity (Wildman–Crippen MR) is 115 cm³/mol. The van der Waals surface area contributed by atoms with E-state index < -0.39 is 9.84 Å². The highest BCUT2D eigenvalue weighted by Crippen LogP contribution is 2.32. The molecular formula is C20H17BrN2O3S2. The molecule has 1 fully saturated rings. The van der Waals surface area contributed by atoms with Crippen molar-refractivity contribution in [2.45, 2.75) is 9.79 Å². The summed E-state index contributed by atoms with van der Waals surface area (Å²) < 4.78 is 27.9. The van der Waals surface area contributed by atoms with Gasteiger partial charge in [0.05, 0.1) is 20.9 Å². The minimum absolute atomic E-state index is 0.0312. The lowest BCUT2D eigenvalue weighted by atomic mass is 10.1. The second-order valence-electron chi connectivity index (χ2n) is 6.38. The van der Waals surface area contributed by atoms with E-state index in [0.717, 1.165) is 16.0 Å². The number of para-hydroxylation sites is 1. The van der Waals surface area contributed by atoms with E-state index in [4.69, 9.17) is 0 Å². The molecule has 1 aromatic heterocycles. The molecule has 2 aromatic carbocycles. The Labute approximate surface area is 176 Å². The number of nitrogens with zero attached hydrogens (tertiary/aromatic N) is 2. The number of aromatic nitrogens is 1. The minimum Gasteiger partial charge on any atom is -0.337 e. The number of carbonyl (C=O) groups is 1.